The minimum absolute atomic E-state index is 0.897. The highest BCUT2D eigenvalue weighted by atomic mass is 16.3. The van der Waals surface area contributed by atoms with E-state index in [0.29, 0.717) is 0 Å². The summed E-state index contributed by atoms with van der Waals surface area (Å²) < 4.78 is 6.50. The molecule has 0 radical (unpaired) electrons. The number of nitrogens with zero attached hydrogens (tertiary/aromatic N) is 1. The molecule has 1 aromatic heterocycles. The lowest BCUT2D eigenvalue weighted by Crippen LogP contribution is -2.11. The summed E-state index contributed by atoms with van der Waals surface area (Å²) in [4.78, 5) is 2.42. The molecular formula is C64H43NO. The SMILES string of the molecule is c1ccc(-c2ccc(-c3ccccc3-c3ccccc3-c3ccccc3N(c3ccc(-c4cccc5c4oc4ccccc45)cc3)c3cccc(-c4cccc5ccccc45)c3)cc2)cc1. The van der Waals surface area contributed by atoms with Crippen molar-refractivity contribution in [2.24, 2.45) is 0 Å². The molecule has 0 aliphatic heterocycles. The minimum atomic E-state index is 0.897. The van der Waals surface area contributed by atoms with Gasteiger partial charge in [-0.2, -0.15) is 0 Å². The second-order valence-electron chi connectivity index (χ2n) is 16.8. The van der Waals surface area contributed by atoms with Crippen LogP contribution in [-0.2, 0) is 0 Å². The van der Waals surface area contributed by atoms with Crippen molar-refractivity contribution in [2.75, 3.05) is 4.90 Å². The van der Waals surface area contributed by atoms with E-state index in [0.717, 1.165) is 66.8 Å². The molecule has 0 saturated carbocycles. The number of anilines is 3. The van der Waals surface area contributed by atoms with Crippen LogP contribution in [0.2, 0.25) is 0 Å². The van der Waals surface area contributed by atoms with Gasteiger partial charge >= 0.3 is 0 Å². The third-order valence-electron chi connectivity index (χ3n) is 12.9. The highest BCUT2D eigenvalue weighted by molar-refractivity contribution is 6.09. The standard InChI is InChI=1S/C64H43NO/c1-2-17-44(18-3-1)45-35-37-47(38-36-45)53-24-6-7-25-56(53)57-26-8-9-27-58(57)59-28-10-12-33-62(59)65(51-22-14-21-49(43-51)54-30-15-20-46-19-4-5-23-52(46)54)50-41-39-48(40-42-50)55-31-16-32-61-60-29-11-13-34-63(60)66-64(55)61/h1-43H. The molecule has 2 nitrogen and oxygen atoms in total. The maximum absolute atomic E-state index is 6.50. The summed E-state index contributed by atoms with van der Waals surface area (Å²) in [6.45, 7) is 0. The summed E-state index contributed by atoms with van der Waals surface area (Å²) in [5.41, 5.74) is 19.0. The van der Waals surface area contributed by atoms with Crippen LogP contribution in [0.1, 0.15) is 0 Å². The molecule has 2 heteroatoms. The average Bonchev–Trinajstić information content (AvgIpc) is 3.79. The summed E-state index contributed by atoms with van der Waals surface area (Å²) in [6, 6.07) is 93.9. The smallest absolute Gasteiger partial charge is 0.143 e. The molecule has 1 heterocycles. The highest BCUT2D eigenvalue weighted by Crippen LogP contribution is 2.47. The molecule has 0 spiro atoms. The van der Waals surface area contributed by atoms with Gasteiger partial charge in [-0.1, -0.05) is 224 Å². The van der Waals surface area contributed by atoms with Crippen LogP contribution >= 0.6 is 0 Å². The molecule has 0 aliphatic carbocycles. The molecule has 0 fully saturated rings. The maximum atomic E-state index is 6.50. The van der Waals surface area contributed by atoms with Gasteiger partial charge in [0.1, 0.15) is 11.2 Å². The van der Waals surface area contributed by atoms with E-state index in [4.69, 9.17) is 4.42 Å². The topological polar surface area (TPSA) is 16.4 Å². The van der Waals surface area contributed by atoms with Gasteiger partial charge in [0.2, 0.25) is 0 Å². The van der Waals surface area contributed by atoms with Crippen LogP contribution < -0.4 is 4.90 Å². The van der Waals surface area contributed by atoms with E-state index in [9.17, 15) is 0 Å². The fourth-order valence-electron chi connectivity index (χ4n) is 9.77. The molecule has 66 heavy (non-hydrogen) atoms. The summed E-state index contributed by atoms with van der Waals surface area (Å²) in [7, 11) is 0. The van der Waals surface area contributed by atoms with Gasteiger partial charge in [-0.15, -0.1) is 0 Å². The lowest BCUT2D eigenvalue weighted by atomic mass is 9.88. The van der Waals surface area contributed by atoms with E-state index in [1.165, 1.54) is 49.7 Å². The van der Waals surface area contributed by atoms with Gasteiger partial charge in [0.05, 0.1) is 5.69 Å². The Morgan fingerprint density at radius 1 is 0.258 bits per heavy atom. The number of rotatable bonds is 9. The maximum Gasteiger partial charge on any atom is 0.143 e. The highest BCUT2D eigenvalue weighted by Gasteiger charge is 2.22. The van der Waals surface area contributed by atoms with Gasteiger partial charge in [-0.3, -0.25) is 0 Å². The quantitative estimate of drug-likeness (QED) is 0.144. The van der Waals surface area contributed by atoms with E-state index < -0.39 is 0 Å². The number of hydrogen-bond acceptors (Lipinski definition) is 2. The van der Waals surface area contributed by atoms with Gasteiger partial charge < -0.3 is 9.32 Å². The molecule has 0 atom stereocenters. The van der Waals surface area contributed by atoms with Gasteiger partial charge in [0.25, 0.3) is 0 Å². The van der Waals surface area contributed by atoms with E-state index >= 15 is 0 Å². The van der Waals surface area contributed by atoms with Crippen molar-refractivity contribution < 1.29 is 4.42 Å². The Balaban J connectivity index is 1.01. The lowest BCUT2D eigenvalue weighted by Gasteiger charge is -2.29. The Kier molecular flexibility index (Phi) is 9.89. The van der Waals surface area contributed by atoms with Crippen LogP contribution in [0.25, 0.3) is 99.5 Å². The average molecular weight is 842 g/mol. The van der Waals surface area contributed by atoms with Crippen LogP contribution in [0.15, 0.2) is 265 Å². The molecule has 11 aromatic carbocycles. The van der Waals surface area contributed by atoms with Crippen molar-refractivity contribution in [3.8, 4) is 66.8 Å². The summed E-state index contributed by atoms with van der Waals surface area (Å²) in [6.07, 6.45) is 0. The van der Waals surface area contributed by atoms with Crippen molar-refractivity contribution in [1.29, 1.82) is 0 Å². The molecule has 12 aromatic rings. The number of para-hydroxylation sites is 3. The Hall–Kier alpha value is -8.72. The second-order valence-corrected chi connectivity index (χ2v) is 16.8. The number of benzene rings is 11. The van der Waals surface area contributed by atoms with E-state index in [1.807, 2.05) is 12.1 Å². The number of fused-ring (bicyclic) bond motifs is 4. The molecule has 0 bridgehead atoms. The molecule has 12 rings (SSSR count). The Morgan fingerprint density at radius 3 is 1.55 bits per heavy atom. The van der Waals surface area contributed by atoms with Crippen molar-refractivity contribution in [2.45, 2.75) is 0 Å². The van der Waals surface area contributed by atoms with Crippen LogP contribution in [-0.4, -0.2) is 0 Å². The van der Waals surface area contributed by atoms with Crippen molar-refractivity contribution in [3.05, 3.63) is 261 Å². The van der Waals surface area contributed by atoms with Crippen LogP contribution in [0.4, 0.5) is 17.1 Å². The number of furan rings is 1. The summed E-state index contributed by atoms with van der Waals surface area (Å²) in [5, 5.41) is 4.71. The first kappa shape index (κ1) is 38.9. The Labute approximate surface area is 384 Å². The monoisotopic (exact) mass is 841 g/mol. The van der Waals surface area contributed by atoms with Crippen LogP contribution in [0, 0.1) is 0 Å². The molecule has 0 unspecified atom stereocenters. The van der Waals surface area contributed by atoms with Gasteiger partial charge in [-0.05, 0) is 103 Å². The fourth-order valence-corrected chi connectivity index (χ4v) is 9.77. The molecule has 310 valence electrons. The Morgan fingerprint density at radius 2 is 0.742 bits per heavy atom. The van der Waals surface area contributed by atoms with Crippen molar-refractivity contribution >= 4 is 49.8 Å². The molecule has 0 aliphatic rings. The minimum Gasteiger partial charge on any atom is -0.455 e. The van der Waals surface area contributed by atoms with Gasteiger partial charge in [0.15, 0.2) is 0 Å². The predicted molar refractivity (Wildman–Crippen MR) is 279 cm³/mol. The molecule has 0 N–H and O–H groups in total. The predicted octanol–water partition coefficient (Wildman–Crippen LogP) is 18.2. The fraction of sp³-hybridized carbons (Fsp3) is 0. The third kappa shape index (κ3) is 7.02. The first-order chi connectivity index (χ1) is 32.7. The van der Waals surface area contributed by atoms with Crippen LogP contribution in [0.5, 0.6) is 0 Å². The Bertz CT molecular complexity index is 3690. The van der Waals surface area contributed by atoms with Crippen molar-refractivity contribution in [1.82, 2.24) is 0 Å². The second kappa shape index (κ2) is 16.8. The zero-order valence-corrected chi connectivity index (χ0v) is 36.2. The third-order valence-corrected chi connectivity index (χ3v) is 12.9. The van der Waals surface area contributed by atoms with Crippen LogP contribution in [0.3, 0.4) is 0 Å². The zero-order valence-electron chi connectivity index (χ0n) is 36.2. The van der Waals surface area contributed by atoms with E-state index in [2.05, 4.69) is 254 Å². The van der Waals surface area contributed by atoms with Crippen molar-refractivity contribution in [3.63, 3.8) is 0 Å². The first-order valence-corrected chi connectivity index (χ1v) is 22.6. The van der Waals surface area contributed by atoms with E-state index in [1.54, 1.807) is 0 Å². The first-order valence-electron chi connectivity index (χ1n) is 22.6. The number of hydrogen-bond donors (Lipinski definition) is 0. The van der Waals surface area contributed by atoms with Gasteiger partial charge in [-0.25, -0.2) is 0 Å². The largest absolute Gasteiger partial charge is 0.455 e. The molecule has 0 saturated heterocycles. The lowest BCUT2D eigenvalue weighted by molar-refractivity contribution is 0.670. The van der Waals surface area contributed by atoms with Gasteiger partial charge in [0, 0.05) is 33.3 Å². The zero-order chi connectivity index (χ0) is 43.8. The summed E-state index contributed by atoms with van der Waals surface area (Å²) in [5.74, 6) is 0. The summed E-state index contributed by atoms with van der Waals surface area (Å²) >= 11 is 0. The normalized spacial score (nSPS) is 11.3. The van der Waals surface area contributed by atoms with E-state index in [-0.39, 0.29) is 0 Å². The molecular weight excluding hydrogens is 799 g/mol. The molecule has 0 amide bonds.